The lowest BCUT2D eigenvalue weighted by Crippen LogP contribution is -2.49. The van der Waals surface area contributed by atoms with E-state index >= 15 is 0 Å². The van der Waals surface area contributed by atoms with E-state index in [0.29, 0.717) is 11.3 Å². The van der Waals surface area contributed by atoms with Gasteiger partial charge in [0, 0.05) is 22.1 Å². The number of amidine groups is 1. The number of nitrogen functional groups attached to an aromatic ring is 1. The molecule has 2 aromatic carbocycles. The van der Waals surface area contributed by atoms with Crippen molar-refractivity contribution in [1.29, 1.82) is 5.41 Å². The number of urea groups is 1. The summed E-state index contributed by atoms with van der Waals surface area (Å²) in [5, 5.41) is 15.4. The minimum Gasteiger partial charge on any atom is -0.384 e. The van der Waals surface area contributed by atoms with Crippen molar-refractivity contribution in [2.75, 3.05) is 5.32 Å². The Kier molecular flexibility index (Phi) is 8.56. The van der Waals surface area contributed by atoms with Gasteiger partial charge in [-0.15, -0.1) is 0 Å². The fourth-order valence-electron chi connectivity index (χ4n) is 2.79. The maximum absolute atomic E-state index is 12.8. The number of nitrogens with two attached hydrogens (primary N) is 2. The SMILES string of the molecule is C[C@H](NC(=O)[C@H](CCC(N)=O)NC(=O)Nc1ccc(C(=N)N)cc1)c1cccc(Br)c1. The molecule has 0 unspecified atom stereocenters. The average molecular weight is 489 g/mol. The number of rotatable bonds is 9. The van der Waals surface area contributed by atoms with Gasteiger partial charge in [-0.1, -0.05) is 28.1 Å². The van der Waals surface area contributed by atoms with Gasteiger partial charge in [-0.25, -0.2) is 4.79 Å². The van der Waals surface area contributed by atoms with Crippen LogP contribution in [-0.2, 0) is 9.59 Å². The molecule has 10 heteroatoms. The third-order valence-corrected chi connectivity index (χ3v) is 4.96. The van der Waals surface area contributed by atoms with Crippen molar-refractivity contribution in [1.82, 2.24) is 10.6 Å². The standard InChI is InChI=1S/C21H25BrN6O3/c1-12(14-3-2-4-15(22)11-14)26-20(30)17(9-10-18(23)29)28-21(31)27-16-7-5-13(6-8-16)19(24)25/h2-8,11-12,17H,9-10H2,1H3,(H2,23,29)(H3,24,25)(H,26,30)(H2,27,28,31)/t12-,17-/m0/s1. The zero-order valence-electron chi connectivity index (χ0n) is 16.9. The first-order valence-corrected chi connectivity index (χ1v) is 10.3. The zero-order valence-corrected chi connectivity index (χ0v) is 18.5. The van der Waals surface area contributed by atoms with E-state index in [-0.39, 0.29) is 24.7 Å². The van der Waals surface area contributed by atoms with Gasteiger partial charge < -0.3 is 27.4 Å². The number of amides is 4. The molecule has 0 heterocycles. The molecule has 0 aliphatic rings. The van der Waals surface area contributed by atoms with E-state index in [2.05, 4.69) is 31.9 Å². The Morgan fingerprint density at radius 2 is 1.74 bits per heavy atom. The van der Waals surface area contributed by atoms with Gasteiger partial charge in [0.05, 0.1) is 6.04 Å². The molecule has 2 aromatic rings. The van der Waals surface area contributed by atoms with Gasteiger partial charge >= 0.3 is 6.03 Å². The average Bonchev–Trinajstić information content (AvgIpc) is 2.71. The monoisotopic (exact) mass is 488 g/mol. The third kappa shape index (κ3) is 7.74. The van der Waals surface area contributed by atoms with Crippen LogP contribution >= 0.6 is 15.9 Å². The van der Waals surface area contributed by atoms with Gasteiger partial charge in [0.1, 0.15) is 11.9 Å². The number of hydrogen-bond donors (Lipinski definition) is 6. The molecule has 0 aliphatic carbocycles. The summed E-state index contributed by atoms with van der Waals surface area (Å²) < 4.78 is 0.879. The molecule has 0 aliphatic heterocycles. The minimum absolute atomic E-state index is 0.0586. The number of nitrogens with one attached hydrogen (secondary N) is 4. The molecule has 2 atom stereocenters. The molecule has 164 valence electrons. The predicted molar refractivity (Wildman–Crippen MR) is 123 cm³/mol. The van der Waals surface area contributed by atoms with Crippen LogP contribution in [0.3, 0.4) is 0 Å². The van der Waals surface area contributed by atoms with Crippen molar-refractivity contribution in [3.63, 3.8) is 0 Å². The number of carbonyl (C=O) groups excluding carboxylic acids is 3. The van der Waals surface area contributed by atoms with Crippen LogP contribution in [0.2, 0.25) is 0 Å². The Morgan fingerprint density at radius 1 is 1.06 bits per heavy atom. The normalized spacial score (nSPS) is 12.3. The largest absolute Gasteiger partial charge is 0.384 e. The second kappa shape index (κ2) is 11.1. The quantitative estimate of drug-likeness (QED) is 0.236. The lowest BCUT2D eigenvalue weighted by atomic mass is 10.1. The maximum Gasteiger partial charge on any atom is 0.319 e. The summed E-state index contributed by atoms with van der Waals surface area (Å²) in [6, 6.07) is 12.0. The first-order chi connectivity index (χ1) is 14.7. The van der Waals surface area contributed by atoms with Crippen LogP contribution in [0.1, 0.15) is 36.9 Å². The van der Waals surface area contributed by atoms with Crippen LogP contribution in [0.25, 0.3) is 0 Å². The van der Waals surface area contributed by atoms with Gasteiger partial charge in [0.15, 0.2) is 0 Å². The van der Waals surface area contributed by atoms with Crippen molar-refractivity contribution in [2.45, 2.75) is 31.8 Å². The molecule has 0 saturated heterocycles. The number of hydrogen-bond acceptors (Lipinski definition) is 4. The zero-order chi connectivity index (χ0) is 23.0. The van der Waals surface area contributed by atoms with E-state index in [1.165, 1.54) is 0 Å². The predicted octanol–water partition coefficient (Wildman–Crippen LogP) is 2.37. The highest BCUT2D eigenvalue weighted by Crippen LogP contribution is 2.18. The van der Waals surface area contributed by atoms with Crippen molar-refractivity contribution >= 4 is 45.3 Å². The van der Waals surface area contributed by atoms with E-state index in [1.807, 2.05) is 31.2 Å². The summed E-state index contributed by atoms with van der Waals surface area (Å²) in [5.74, 6) is -1.09. The first-order valence-electron chi connectivity index (χ1n) is 9.52. The summed E-state index contributed by atoms with van der Waals surface area (Å²) in [6.07, 6.45) is 0.00000641. The fourth-order valence-corrected chi connectivity index (χ4v) is 3.20. The molecule has 0 bridgehead atoms. The van der Waals surface area contributed by atoms with Crippen molar-refractivity contribution < 1.29 is 14.4 Å². The molecule has 4 amide bonds. The van der Waals surface area contributed by atoms with Crippen molar-refractivity contribution in [2.24, 2.45) is 11.5 Å². The number of halogens is 1. The molecule has 31 heavy (non-hydrogen) atoms. The second-order valence-corrected chi connectivity index (χ2v) is 7.85. The summed E-state index contributed by atoms with van der Waals surface area (Å²) in [4.78, 5) is 36.4. The number of carbonyl (C=O) groups is 3. The van der Waals surface area contributed by atoms with Crippen molar-refractivity contribution in [3.05, 3.63) is 64.1 Å². The number of anilines is 1. The lowest BCUT2D eigenvalue weighted by molar-refractivity contribution is -0.124. The Labute approximate surface area is 188 Å². The summed E-state index contributed by atoms with van der Waals surface area (Å²) in [7, 11) is 0. The molecule has 0 fully saturated rings. The molecular weight excluding hydrogens is 464 g/mol. The van der Waals surface area contributed by atoms with E-state index in [4.69, 9.17) is 16.9 Å². The maximum atomic E-state index is 12.8. The van der Waals surface area contributed by atoms with Gasteiger partial charge in [-0.05, 0) is 55.3 Å². The van der Waals surface area contributed by atoms with Crippen LogP contribution in [0.4, 0.5) is 10.5 Å². The molecule has 0 radical (unpaired) electrons. The Hall–Kier alpha value is -3.40. The minimum atomic E-state index is -0.960. The van der Waals surface area contributed by atoms with E-state index < -0.39 is 23.9 Å². The molecule has 0 saturated carbocycles. The highest BCUT2D eigenvalue weighted by molar-refractivity contribution is 9.10. The summed E-state index contributed by atoms with van der Waals surface area (Å²) in [5.41, 5.74) is 12.5. The van der Waals surface area contributed by atoms with Gasteiger partial charge in [-0.3, -0.25) is 15.0 Å². The number of primary amides is 1. The highest BCUT2D eigenvalue weighted by atomic mass is 79.9. The molecule has 0 spiro atoms. The van der Waals surface area contributed by atoms with E-state index in [1.54, 1.807) is 24.3 Å². The Bertz CT molecular complexity index is 964. The number of benzene rings is 2. The second-order valence-electron chi connectivity index (χ2n) is 6.93. The van der Waals surface area contributed by atoms with Crippen LogP contribution in [-0.4, -0.2) is 29.7 Å². The van der Waals surface area contributed by atoms with Crippen LogP contribution < -0.4 is 27.4 Å². The molecule has 0 aromatic heterocycles. The first kappa shape index (κ1) is 23.9. The smallest absolute Gasteiger partial charge is 0.319 e. The fraction of sp³-hybridized carbons (Fsp3) is 0.238. The van der Waals surface area contributed by atoms with Gasteiger partial charge in [0.2, 0.25) is 11.8 Å². The summed E-state index contributed by atoms with van der Waals surface area (Å²) in [6.45, 7) is 1.82. The van der Waals surface area contributed by atoms with E-state index in [9.17, 15) is 14.4 Å². The van der Waals surface area contributed by atoms with Gasteiger partial charge in [0.25, 0.3) is 0 Å². The molecular formula is C21H25BrN6O3. The van der Waals surface area contributed by atoms with E-state index in [0.717, 1.165) is 10.0 Å². The lowest BCUT2D eigenvalue weighted by Gasteiger charge is -2.22. The Morgan fingerprint density at radius 3 is 2.32 bits per heavy atom. The Balaban J connectivity index is 2.04. The van der Waals surface area contributed by atoms with Gasteiger partial charge in [-0.2, -0.15) is 0 Å². The summed E-state index contributed by atoms with van der Waals surface area (Å²) >= 11 is 3.39. The van der Waals surface area contributed by atoms with Crippen molar-refractivity contribution in [3.8, 4) is 0 Å². The third-order valence-electron chi connectivity index (χ3n) is 4.46. The van der Waals surface area contributed by atoms with Crippen LogP contribution in [0.5, 0.6) is 0 Å². The molecule has 8 N–H and O–H groups in total. The highest BCUT2D eigenvalue weighted by Gasteiger charge is 2.23. The van der Waals surface area contributed by atoms with Crippen LogP contribution in [0, 0.1) is 5.41 Å². The molecule has 9 nitrogen and oxygen atoms in total. The topological polar surface area (TPSA) is 163 Å². The molecule has 2 rings (SSSR count). The van der Waals surface area contributed by atoms with Crippen LogP contribution in [0.15, 0.2) is 53.0 Å².